The van der Waals surface area contributed by atoms with E-state index in [-0.39, 0.29) is 31.7 Å². The van der Waals surface area contributed by atoms with Crippen molar-refractivity contribution in [2.45, 2.75) is 38.3 Å². The predicted molar refractivity (Wildman–Crippen MR) is 139 cm³/mol. The Hall–Kier alpha value is -3.44. The van der Waals surface area contributed by atoms with Gasteiger partial charge in [0, 0.05) is 25.7 Å². The molecule has 0 spiro atoms. The van der Waals surface area contributed by atoms with Crippen LogP contribution in [0.25, 0.3) is 0 Å². The molecule has 0 saturated carbocycles. The molecule has 12 heteroatoms. The lowest BCUT2D eigenvalue weighted by Crippen LogP contribution is -2.43. The van der Waals surface area contributed by atoms with Crippen LogP contribution < -0.4 is 25.8 Å². The summed E-state index contributed by atoms with van der Waals surface area (Å²) in [5.74, 6) is 0.571. The van der Waals surface area contributed by atoms with Gasteiger partial charge in [0.05, 0.1) is 25.3 Å². The van der Waals surface area contributed by atoms with Gasteiger partial charge in [-0.3, -0.25) is 13.9 Å². The van der Waals surface area contributed by atoms with Crippen molar-refractivity contribution in [3.8, 4) is 5.75 Å². The van der Waals surface area contributed by atoms with Crippen LogP contribution in [0.1, 0.15) is 24.0 Å². The van der Waals surface area contributed by atoms with Crippen LogP contribution in [0.4, 0.5) is 24.7 Å². The second kappa shape index (κ2) is 11.1. The van der Waals surface area contributed by atoms with E-state index >= 15 is 0 Å². The Morgan fingerprint density at radius 3 is 2.45 bits per heavy atom. The topological polar surface area (TPSA) is 79.9 Å². The summed E-state index contributed by atoms with van der Waals surface area (Å²) in [6.07, 6.45) is -3.84. The van der Waals surface area contributed by atoms with Gasteiger partial charge in [-0.1, -0.05) is 29.8 Å². The molecule has 1 N–H and O–H groups in total. The normalized spacial score (nSPS) is 15.2. The molecule has 1 atom stereocenters. The smallest absolute Gasteiger partial charge is 0.416 e. The van der Waals surface area contributed by atoms with Crippen molar-refractivity contribution in [3.63, 3.8) is 0 Å². The molecule has 8 nitrogen and oxygen atoms in total. The molecule has 0 amide bonds. The molecule has 1 aliphatic heterocycles. The maximum atomic E-state index is 13.4. The fraction of sp³-hybridized carbons (Fsp3) is 0.385. The lowest BCUT2D eigenvalue weighted by molar-refractivity contribution is -0.137. The maximum Gasteiger partial charge on any atom is 0.416 e. The Morgan fingerprint density at radius 1 is 1.08 bits per heavy atom. The number of anilines is 2. The maximum absolute atomic E-state index is 13.4. The molecule has 4 rings (SSSR count). The average Bonchev–Trinajstić information content (AvgIpc) is 3.15. The Morgan fingerprint density at radius 2 is 1.79 bits per heavy atom. The first-order valence-corrected chi connectivity index (χ1v) is 12.4. The fourth-order valence-corrected chi connectivity index (χ4v) is 4.86. The Kier molecular flexibility index (Phi) is 8.08. The highest BCUT2D eigenvalue weighted by molar-refractivity contribution is 6.30. The molecular formula is C26H28ClF3N4O4. The molecule has 1 aliphatic rings. The van der Waals surface area contributed by atoms with Gasteiger partial charge in [-0.25, -0.2) is 4.79 Å². The number of halogens is 4. The number of hydrogen-bond donors (Lipinski definition) is 1. The van der Waals surface area contributed by atoms with E-state index in [0.29, 0.717) is 35.9 Å². The Balaban J connectivity index is 1.59. The number of nitrogens with zero attached hydrogens (tertiary/aromatic N) is 4. The molecule has 0 aliphatic carbocycles. The van der Waals surface area contributed by atoms with Crippen molar-refractivity contribution in [2.75, 3.05) is 30.1 Å². The number of alkyl halides is 3. The molecule has 3 aromatic rings. The zero-order chi connectivity index (χ0) is 27.6. The molecule has 2 heterocycles. The highest BCUT2D eigenvalue weighted by Crippen LogP contribution is 2.37. The number of aromatic nitrogens is 2. The summed E-state index contributed by atoms with van der Waals surface area (Å²) in [5.41, 5.74) is -0.588. The van der Waals surface area contributed by atoms with E-state index in [1.807, 2.05) is 21.9 Å². The first-order valence-electron chi connectivity index (χ1n) is 12.0. The van der Waals surface area contributed by atoms with Crippen LogP contribution in [-0.4, -0.2) is 40.7 Å². The van der Waals surface area contributed by atoms with E-state index < -0.39 is 23.0 Å². The molecule has 204 valence electrons. The highest BCUT2D eigenvalue weighted by Gasteiger charge is 2.39. The minimum Gasteiger partial charge on any atom is -0.494 e. The predicted octanol–water partition coefficient (Wildman–Crippen LogP) is 3.85. The molecule has 0 fully saturated rings. The standard InChI is InChI=1S/C26H28ClF3N4O4/c1-31-21(7-4-14-38-20-6-3-5-18(15-20)26(28,29)30)34(16-17-8-10-19(27)11-9-17)22-23(31)32(2)25(37)33(12-13-35)24(22)36/h3,5-6,8-11,15,21,35H,4,7,12-14,16H2,1-2H3. The second-order valence-corrected chi connectivity index (χ2v) is 9.49. The molecule has 2 aromatic carbocycles. The summed E-state index contributed by atoms with van der Waals surface area (Å²) in [4.78, 5) is 30.0. The van der Waals surface area contributed by atoms with Crippen molar-refractivity contribution < 1.29 is 23.0 Å². The largest absolute Gasteiger partial charge is 0.494 e. The summed E-state index contributed by atoms with van der Waals surface area (Å²) in [5, 5.41) is 9.99. The summed E-state index contributed by atoms with van der Waals surface area (Å²) < 4.78 is 47.0. The van der Waals surface area contributed by atoms with Crippen molar-refractivity contribution >= 4 is 23.1 Å². The minimum atomic E-state index is -4.46. The van der Waals surface area contributed by atoms with Crippen LogP contribution in [0.2, 0.25) is 5.02 Å². The molecule has 0 bridgehead atoms. The quantitative estimate of drug-likeness (QED) is 0.406. The lowest BCUT2D eigenvalue weighted by Gasteiger charge is -2.30. The molecule has 0 saturated heterocycles. The Labute approximate surface area is 222 Å². The summed E-state index contributed by atoms with van der Waals surface area (Å²) in [6.45, 7) is 0.00866. The van der Waals surface area contributed by atoms with Crippen molar-refractivity contribution in [1.29, 1.82) is 0 Å². The number of ether oxygens (including phenoxy) is 1. The van der Waals surface area contributed by atoms with Gasteiger partial charge in [0.15, 0.2) is 0 Å². The van der Waals surface area contributed by atoms with Crippen LogP contribution in [0.15, 0.2) is 58.1 Å². The number of fused-ring (bicyclic) bond motifs is 1. The summed E-state index contributed by atoms with van der Waals surface area (Å²) >= 11 is 6.04. The van der Waals surface area contributed by atoms with Crippen LogP contribution in [0, 0.1) is 0 Å². The number of aliphatic hydroxyl groups is 1. The molecule has 0 radical (unpaired) electrons. The van der Waals surface area contributed by atoms with E-state index in [0.717, 1.165) is 22.3 Å². The van der Waals surface area contributed by atoms with E-state index in [1.165, 1.54) is 16.7 Å². The van der Waals surface area contributed by atoms with Crippen LogP contribution in [0.5, 0.6) is 5.75 Å². The van der Waals surface area contributed by atoms with Gasteiger partial charge in [0.25, 0.3) is 5.56 Å². The second-order valence-electron chi connectivity index (χ2n) is 9.06. The molecule has 1 aromatic heterocycles. The van der Waals surface area contributed by atoms with Crippen LogP contribution >= 0.6 is 11.6 Å². The van der Waals surface area contributed by atoms with E-state index in [9.17, 15) is 27.9 Å². The molecular weight excluding hydrogens is 525 g/mol. The third-order valence-electron chi connectivity index (χ3n) is 6.55. The number of aliphatic hydroxyl groups excluding tert-OH is 1. The minimum absolute atomic E-state index is 0.121. The van der Waals surface area contributed by atoms with E-state index in [1.54, 1.807) is 26.2 Å². The van der Waals surface area contributed by atoms with Gasteiger partial charge >= 0.3 is 11.9 Å². The van der Waals surface area contributed by atoms with Gasteiger partial charge < -0.3 is 19.6 Å². The van der Waals surface area contributed by atoms with Gasteiger partial charge in [-0.15, -0.1) is 0 Å². The third-order valence-corrected chi connectivity index (χ3v) is 6.80. The lowest BCUT2D eigenvalue weighted by atomic mass is 10.1. The zero-order valence-corrected chi connectivity index (χ0v) is 21.7. The van der Waals surface area contributed by atoms with Crippen LogP contribution in [0.3, 0.4) is 0 Å². The average molecular weight is 553 g/mol. The fourth-order valence-electron chi connectivity index (χ4n) is 4.73. The van der Waals surface area contributed by atoms with Crippen LogP contribution in [-0.2, 0) is 26.3 Å². The monoisotopic (exact) mass is 552 g/mol. The van der Waals surface area contributed by atoms with Gasteiger partial charge in [0.1, 0.15) is 23.4 Å². The first kappa shape index (κ1) is 27.6. The van der Waals surface area contributed by atoms with E-state index in [2.05, 4.69) is 0 Å². The Bertz CT molecular complexity index is 1410. The first-order chi connectivity index (χ1) is 18.0. The highest BCUT2D eigenvalue weighted by atomic mass is 35.5. The van der Waals surface area contributed by atoms with Gasteiger partial charge in [-0.05, 0) is 48.7 Å². The number of rotatable bonds is 9. The van der Waals surface area contributed by atoms with Crippen molar-refractivity contribution in [2.24, 2.45) is 7.05 Å². The number of benzene rings is 2. The summed E-state index contributed by atoms with van der Waals surface area (Å²) in [7, 11) is 3.36. The zero-order valence-electron chi connectivity index (χ0n) is 20.9. The summed E-state index contributed by atoms with van der Waals surface area (Å²) in [6, 6.07) is 11.9. The number of hydrogen-bond acceptors (Lipinski definition) is 6. The van der Waals surface area contributed by atoms with Gasteiger partial charge in [0.2, 0.25) is 0 Å². The third kappa shape index (κ3) is 5.53. The SMILES string of the molecule is CN1c2c(c(=O)n(CCO)c(=O)n2C)N(Cc2ccc(Cl)cc2)C1CCCOc1cccc(C(F)(F)F)c1. The molecule has 1 unspecified atom stereocenters. The van der Waals surface area contributed by atoms with Crippen molar-refractivity contribution in [3.05, 3.63) is 85.5 Å². The molecule has 38 heavy (non-hydrogen) atoms. The van der Waals surface area contributed by atoms with E-state index in [4.69, 9.17) is 16.3 Å². The van der Waals surface area contributed by atoms with Crippen molar-refractivity contribution in [1.82, 2.24) is 9.13 Å². The van der Waals surface area contributed by atoms with Gasteiger partial charge in [-0.2, -0.15) is 13.2 Å².